The molecular weight excluding hydrogens is 336 g/mol. The Morgan fingerprint density at radius 2 is 1.89 bits per heavy atom. The monoisotopic (exact) mass is 354 g/mol. The third-order valence-corrected chi connectivity index (χ3v) is 5.08. The molecule has 0 spiro atoms. The van der Waals surface area contributed by atoms with E-state index in [0.717, 1.165) is 40.7 Å². The average molecular weight is 354 g/mol. The van der Waals surface area contributed by atoms with Gasteiger partial charge in [-0.05, 0) is 43.5 Å². The Hall–Kier alpha value is -3.47. The molecule has 1 aliphatic carbocycles. The molecule has 0 fully saturated rings. The summed E-state index contributed by atoms with van der Waals surface area (Å²) in [6.07, 6.45) is 4.95. The number of anilines is 1. The summed E-state index contributed by atoms with van der Waals surface area (Å²) in [5.74, 6) is -0.165. The maximum Gasteiger partial charge on any atom is 0.257 e. The summed E-state index contributed by atoms with van der Waals surface area (Å²) in [5.41, 5.74) is 6.86. The highest BCUT2D eigenvalue weighted by Crippen LogP contribution is 2.30. The van der Waals surface area contributed by atoms with E-state index in [1.54, 1.807) is 6.20 Å². The number of H-pyrrole nitrogens is 1. The van der Waals surface area contributed by atoms with Crippen LogP contribution in [0.25, 0.3) is 22.2 Å². The first kappa shape index (κ1) is 15.8. The van der Waals surface area contributed by atoms with Crippen molar-refractivity contribution in [1.82, 2.24) is 15.2 Å². The fourth-order valence-corrected chi connectivity index (χ4v) is 3.67. The van der Waals surface area contributed by atoms with E-state index in [1.165, 1.54) is 17.7 Å². The predicted octanol–water partition coefficient (Wildman–Crippen LogP) is 4.37. The standard InChI is InChI=1S/C22H18N4O/c27-22(16-12-15-4-1-2-6-19(15)23-13-16)24-17-10-8-14(9-11-17)21-18-5-3-7-20(18)25-26-21/h1-2,4,6,8-13H,3,5,7H2,(H,24,27)(H,25,26). The molecule has 0 aliphatic heterocycles. The molecule has 27 heavy (non-hydrogen) atoms. The van der Waals surface area contributed by atoms with E-state index in [0.29, 0.717) is 5.56 Å². The highest BCUT2D eigenvalue weighted by molar-refractivity contribution is 6.05. The quantitative estimate of drug-likeness (QED) is 0.574. The zero-order valence-electron chi connectivity index (χ0n) is 14.7. The lowest BCUT2D eigenvalue weighted by atomic mass is 10.1. The maximum atomic E-state index is 12.6. The second-order valence-corrected chi connectivity index (χ2v) is 6.83. The minimum atomic E-state index is -0.165. The van der Waals surface area contributed by atoms with Gasteiger partial charge in [0.2, 0.25) is 0 Å². The smallest absolute Gasteiger partial charge is 0.257 e. The normalized spacial score (nSPS) is 12.9. The fourth-order valence-electron chi connectivity index (χ4n) is 3.67. The lowest BCUT2D eigenvalue weighted by Crippen LogP contribution is -2.12. The van der Waals surface area contributed by atoms with Gasteiger partial charge in [-0.15, -0.1) is 0 Å². The Balaban J connectivity index is 1.36. The number of hydrogen-bond donors (Lipinski definition) is 2. The van der Waals surface area contributed by atoms with E-state index in [9.17, 15) is 4.79 Å². The minimum Gasteiger partial charge on any atom is -0.322 e. The van der Waals surface area contributed by atoms with E-state index in [4.69, 9.17) is 0 Å². The molecule has 0 saturated heterocycles. The van der Waals surface area contributed by atoms with E-state index in [1.807, 2.05) is 54.6 Å². The number of para-hydroxylation sites is 1. The molecular formula is C22H18N4O. The number of aromatic nitrogens is 3. The molecule has 2 aromatic carbocycles. The van der Waals surface area contributed by atoms with Crippen LogP contribution in [-0.2, 0) is 12.8 Å². The fraction of sp³-hybridized carbons (Fsp3) is 0.136. The molecule has 0 radical (unpaired) electrons. The van der Waals surface area contributed by atoms with Gasteiger partial charge < -0.3 is 5.32 Å². The van der Waals surface area contributed by atoms with Crippen molar-refractivity contribution in [3.8, 4) is 11.3 Å². The van der Waals surface area contributed by atoms with Crippen LogP contribution in [0, 0.1) is 0 Å². The van der Waals surface area contributed by atoms with E-state index in [-0.39, 0.29) is 5.91 Å². The van der Waals surface area contributed by atoms with Crippen molar-refractivity contribution in [3.63, 3.8) is 0 Å². The number of benzene rings is 2. The van der Waals surface area contributed by atoms with Crippen molar-refractivity contribution in [2.24, 2.45) is 0 Å². The lowest BCUT2D eigenvalue weighted by molar-refractivity contribution is 0.102. The third kappa shape index (κ3) is 2.87. The van der Waals surface area contributed by atoms with E-state index in [2.05, 4.69) is 20.5 Å². The van der Waals surface area contributed by atoms with Gasteiger partial charge in [-0.1, -0.05) is 30.3 Å². The van der Waals surface area contributed by atoms with Gasteiger partial charge in [0.05, 0.1) is 16.8 Å². The SMILES string of the molecule is O=C(Nc1ccc(-c2n[nH]c3c2CCC3)cc1)c1cnc2ccccc2c1. The molecule has 4 aromatic rings. The van der Waals surface area contributed by atoms with E-state index < -0.39 is 0 Å². The van der Waals surface area contributed by atoms with Crippen LogP contribution in [0.15, 0.2) is 60.8 Å². The molecule has 2 aromatic heterocycles. The number of aryl methyl sites for hydroxylation is 1. The van der Waals surface area contributed by atoms with Gasteiger partial charge >= 0.3 is 0 Å². The molecule has 1 amide bonds. The average Bonchev–Trinajstić information content (AvgIpc) is 3.32. The topological polar surface area (TPSA) is 70.7 Å². The number of fused-ring (bicyclic) bond motifs is 2. The van der Waals surface area contributed by atoms with Crippen LogP contribution in [0.1, 0.15) is 28.0 Å². The molecule has 1 aliphatic rings. The van der Waals surface area contributed by atoms with Gasteiger partial charge in [-0.2, -0.15) is 5.10 Å². The first-order valence-electron chi connectivity index (χ1n) is 9.10. The van der Waals surface area contributed by atoms with Gasteiger partial charge in [0, 0.05) is 34.1 Å². The largest absolute Gasteiger partial charge is 0.322 e. The van der Waals surface area contributed by atoms with Crippen molar-refractivity contribution in [2.75, 3.05) is 5.32 Å². The van der Waals surface area contributed by atoms with Gasteiger partial charge in [-0.3, -0.25) is 14.9 Å². The summed E-state index contributed by atoms with van der Waals surface area (Å²) in [6, 6.07) is 17.5. The molecule has 0 atom stereocenters. The second kappa shape index (κ2) is 6.36. The molecule has 5 heteroatoms. The van der Waals surface area contributed by atoms with Crippen molar-refractivity contribution < 1.29 is 4.79 Å². The maximum absolute atomic E-state index is 12.6. The van der Waals surface area contributed by atoms with Crippen molar-refractivity contribution in [2.45, 2.75) is 19.3 Å². The van der Waals surface area contributed by atoms with Gasteiger partial charge in [0.25, 0.3) is 5.91 Å². The first-order valence-corrected chi connectivity index (χ1v) is 9.10. The molecule has 2 N–H and O–H groups in total. The van der Waals surface area contributed by atoms with Gasteiger partial charge in [-0.25, -0.2) is 0 Å². The second-order valence-electron chi connectivity index (χ2n) is 6.83. The summed E-state index contributed by atoms with van der Waals surface area (Å²) in [5, 5.41) is 11.5. The highest BCUT2D eigenvalue weighted by Gasteiger charge is 2.19. The third-order valence-electron chi connectivity index (χ3n) is 5.08. The number of pyridine rings is 1. The highest BCUT2D eigenvalue weighted by atomic mass is 16.1. The molecule has 0 saturated carbocycles. The van der Waals surface area contributed by atoms with E-state index >= 15 is 0 Å². The molecule has 0 bridgehead atoms. The summed E-state index contributed by atoms with van der Waals surface area (Å²) in [7, 11) is 0. The summed E-state index contributed by atoms with van der Waals surface area (Å²) >= 11 is 0. The van der Waals surface area contributed by atoms with Crippen LogP contribution < -0.4 is 5.32 Å². The van der Waals surface area contributed by atoms with Gasteiger partial charge in [0.1, 0.15) is 0 Å². The first-order chi connectivity index (χ1) is 13.3. The number of nitrogens with one attached hydrogen (secondary N) is 2. The number of aromatic amines is 1. The predicted molar refractivity (Wildman–Crippen MR) is 106 cm³/mol. The zero-order valence-corrected chi connectivity index (χ0v) is 14.7. The van der Waals surface area contributed by atoms with Crippen LogP contribution in [0.2, 0.25) is 0 Å². The van der Waals surface area contributed by atoms with Crippen LogP contribution in [0.3, 0.4) is 0 Å². The van der Waals surface area contributed by atoms with Crippen molar-refractivity contribution in [3.05, 3.63) is 77.6 Å². The molecule has 132 valence electrons. The number of amides is 1. The minimum absolute atomic E-state index is 0.165. The number of rotatable bonds is 3. The molecule has 5 nitrogen and oxygen atoms in total. The number of hydrogen-bond acceptors (Lipinski definition) is 3. The summed E-state index contributed by atoms with van der Waals surface area (Å²) in [4.78, 5) is 16.9. The Morgan fingerprint density at radius 1 is 1.04 bits per heavy atom. The Morgan fingerprint density at radius 3 is 2.78 bits per heavy atom. The number of carbonyl (C=O) groups is 1. The van der Waals surface area contributed by atoms with Crippen LogP contribution >= 0.6 is 0 Å². The van der Waals surface area contributed by atoms with Crippen LogP contribution in [0.4, 0.5) is 5.69 Å². The van der Waals surface area contributed by atoms with Crippen molar-refractivity contribution >= 4 is 22.5 Å². The Kier molecular flexibility index (Phi) is 3.71. The number of carbonyl (C=O) groups excluding carboxylic acids is 1. The lowest BCUT2D eigenvalue weighted by Gasteiger charge is -2.07. The van der Waals surface area contributed by atoms with Crippen LogP contribution in [-0.4, -0.2) is 21.1 Å². The summed E-state index contributed by atoms with van der Waals surface area (Å²) < 4.78 is 0. The Labute approximate surface area is 156 Å². The van der Waals surface area contributed by atoms with Crippen LogP contribution in [0.5, 0.6) is 0 Å². The Bertz CT molecular complexity index is 1140. The van der Waals surface area contributed by atoms with Gasteiger partial charge in [0.15, 0.2) is 0 Å². The molecule has 2 heterocycles. The molecule has 0 unspecified atom stereocenters. The summed E-state index contributed by atoms with van der Waals surface area (Å²) in [6.45, 7) is 0. The molecule has 5 rings (SSSR count). The van der Waals surface area contributed by atoms with Crippen molar-refractivity contribution in [1.29, 1.82) is 0 Å². The number of nitrogens with zero attached hydrogens (tertiary/aromatic N) is 2. The zero-order chi connectivity index (χ0) is 18.2.